The van der Waals surface area contributed by atoms with Crippen LogP contribution in [-0.2, 0) is 0 Å². The molecule has 1 aromatic rings. The standard InChI is InChI=1S/C17H28ClNO/c1-7-19-10-17(12(4)5)20-16-9-14(11(2)3)15(18)8-13(16)6/h8-9,11-12,17,19H,7,10H2,1-6H3. The van der Waals surface area contributed by atoms with Crippen LogP contribution >= 0.6 is 11.6 Å². The summed E-state index contributed by atoms with van der Waals surface area (Å²) in [7, 11) is 0. The zero-order chi connectivity index (χ0) is 15.3. The topological polar surface area (TPSA) is 21.3 Å². The molecule has 0 aliphatic heterocycles. The monoisotopic (exact) mass is 297 g/mol. The van der Waals surface area contributed by atoms with Gasteiger partial charge in [0, 0.05) is 11.6 Å². The molecule has 0 aliphatic carbocycles. The van der Waals surface area contributed by atoms with E-state index >= 15 is 0 Å². The van der Waals surface area contributed by atoms with E-state index in [4.69, 9.17) is 16.3 Å². The lowest BCUT2D eigenvalue weighted by molar-refractivity contribution is 0.148. The second-order valence-electron chi connectivity index (χ2n) is 6.00. The lowest BCUT2D eigenvalue weighted by Crippen LogP contribution is -2.35. The van der Waals surface area contributed by atoms with E-state index in [2.05, 4.69) is 52.9 Å². The molecule has 1 N–H and O–H groups in total. The number of hydrogen-bond donors (Lipinski definition) is 1. The highest BCUT2D eigenvalue weighted by Gasteiger charge is 2.17. The lowest BCUT2D eigenvalue weighted by Gasteiger charge is -2.25. The molecule has 0 saturated heterocycles. The smallest absolute Gasteiger partial charge is 0.123 e. The maximum absolute atomic E-state index is 6.31. The molecule has 0 fully saturated rings. The molecule has 1 rings (SSSR count). The fourth-order valence-corrected chi connectivity index (χ4v) is 2.54. The summed E-state index contributed by atoms with van der Waals surface area (Å²) in [6.45, 7) is 14.7. The van der Waals surface area contributed by atoms with Gasteiger partial charge in [-0.25, -0.2) is 0 Å². The Balaban J connectivity index is 2.97. The van der Waals surface area contributed by atoms with E-state index in [0.717, 1.165) is 35.0 Å². The summed E-state index contributed by atoms with van der Waals surface area (Å²) in [4.78, 5) is 0. The average Bonchev–Trinajstić information content (AvgIpc) is 2.35. The van der Waals surface area contributed by atoms with E-state index in [1.807, 2.05) is 6.07 Å². The van der Waals surface area contributed by atoms with Crippen LogP contribution in [0, 0.1) is 12.8 Å². The summed E-state index contributed by atoms with van der Waals surface area (Å²) in [5.41, 5.74) is 2.25. The van der Waals surface area contributed by atoms with Crippen molar-refractivity contribution in [1.29, 1.82) is 0 Å². The second-order valence-corrected chi connectivity index (χ2v) is 6.41. The van der Waals surface area contributed by atoms with Gasteiger partial charge >= 0.3 is 0 Å². The molecule has 2 nitrogen and oxygen atoms in total. The van der Waals surface area contributed by atoms with Crippen LogP contribution in [0.15, 0.2) is 12.1 Å². The zero-order valence-electron chi connectivity index (χ0n) is 13.6. The number of aryl methyl sites for hydroxylation is 1. The molecule has 0 radical (unpaired) electrons. The van der Waals surface area contributed by atoms with Crippen molar-refractivity contribution in [2.24, 2.45) is 5.92 Å². The van der Waals surface area contributed by atoms with Crippen molar-refractivity contribution >= 4 is 11.6 Å². The first kappa shape index (κ1) is 17.3. The van der Waals surface area contributed by atoms with E-state index < -0.39 is 0 Å². The molecular formula is C17H28ClNO. The van der Waals surface area contributed by atoms with Gasteiger partial charge in [0.25, 0.3) is 0 Å². The molecule has 3 heteroatoms. The van der Waals surface area contributed by atoms with Crippen LogP contribution < -0.4 is 10.1 Å². The molecule has 0 heterocycles. The van der Waals surface area contributed by atoms with Crippen molar-refractivity contribution in [3.8, 4) is 5.75 Å². The number of benzene rings is 1. The van der Waals surface area contributed by atoms with Gasteiger partial charge in [0.05, 0.1) is 0 Å². The molecule has 0 aliphatic rings. The number of halogens is 1. The third-order valence-electron chi connectivity index (χ3n) is 3.53. The third-order valence-corrected chi connectivity index (χ3v) is 3.86. The fourth-order valence-electron chi connectivity index (χ4n) is 2.10. The van der Waals surface area contributed by atoms with Crippen molar-refractivity contribution < 1.29 is 4.74 Å². The summed E-state index contributed by atoms with van der Waals surface area (Å²) >= 11 is 6.31. The van der Waals surface area contributed by atoms with Crippen molar-refractivity contribution in [2.45, 2.75) is 53.6 Å². The Hall–Kier alpha value is -0.730. The highest BCUT2D eigenvalue weighted by molar-refractivity contribution is 6.31. The molecule has 1 unspecified atom stereocenters. The van der Waals surface area contributed by atoms with Gasteiger partial charge < -0.3 is 10.1 Å². The first-order valence-corrected chi connectivity index (χ1v) is 7.92. The SMILES string of the molecule is CCNCC(Oc1cc(C(C)C)c(Cl)cc1C)C(C)C. The number of ether oxygens (including phenoxy) is 1. The number of hydrogen-bond acceptors (Lipinski definition) is 2. The molecule has 0 spiro atoms. The highest BCUT2D eigenvalue weighted by Crippen LogP contribution is 2.32. The molecule has 0 amide bonds. The highest BCUT2D eigenvalue weighted by atomic mass is 35.5. The van der Waals surface area contributed by atoms with Crippen LogP contribution in [0.3, 0.4) is 0 Å². The van der Waals surface area contributed by atoms with E-state index in [1.165, 1.54) is 0 Å². The Morgan fingerprint density at radius 3 is 2.35 bits per heavy atom. The van der Waals surface area contributed by atoms with Crippen molar-refractivity contribution in [3.05, 3.63) is 28.3 Å². The van der Waals surface area contributed by atoms with E-state index in [-0.39, 0.29) is 6.10 Å². The summed E-state index contributed by atoms with van der Waals surface area (Å²) < 4.78 is 6.23. The molecule has 1 aromatic carbocycles. The third kappa shape index (κ3) is 4.68. The van der Waals surface area contributed by atoms with E-state index in [1.54, 1.807) is 0 Å². The molecule has 1 atom stereocenters. The minimum absolute atomic E-state index is 0.176. The first-order chi connectivity index (χ1) is 9.36. The normalized spacial score (nSPS) is 13.1. The Bertz CT molecular complexity index is 429. The van der Waals surface area contributed by atoms with E-state index in [0.29, 0.717) is 11.8 Å². The lowest BCUT2D eigenvalue weighted by atomic mass is 10.0. The summed E-state index contributed by atoms with van der Waals surface area (Å²) in [6.07, 6.45) is 0.176. The van der Waals surface area contributed by atoms with Crippen molar-refractivity contribution in [1.82, 2.24) is 5.32 Å². The maximum atomic E-state index is 6.31. The molecular weight excluding hydrogens is 270 g/mol. The Morgan fingerprint density at radius 1 is 1.20 bits per heavy atom. The van der Waals surface area contributed by atoms with Crippen LogP contribution in [0.2, 0.25) is 5.02 Å². The molecule has 114 valence electrons. The first-order valence-electron chi connectivity index (χ1n) is 7.54. The summed E-state index contributed by atoms with van der Waals surface area (Å²) in [6, 6.07) is 4.11. The fraction of sp³-hybridized carbons (Fsp3) is 0.647. The van der Waals surface area contributed by atoms with Crippen LogP contribution in [-0.4, -0.2) is 19.2 Å². The Kier molecular flexibility index (Phi) is 6.84. The predicted molar refractivity (Wildman–Crippen MR) is 88.1 cm³/mol. The van der Waals surface area contributed by atoms with Crippen LogP contribution in [0.5, 0.6) is 5.75 Å². The average molecular weight is 298 g/mol. The second kappa shape index (κ2) is 7.90. The Labute approximate surface area is 128 Å². The molecule has 0 saturated carbocycles. The minimum Gasteiger partial charge on any atom is -0.489 e. The van der Waals surface area contributed by atoms with Gasteiger partial charge in [-0.05, 0) is 48.6 Å². The number of nitrogens with one attached hydrogen (secondary N) is 1. The number of rotatable bonds is 7. The van der Waals surface area contributed by atoms with Gasteiger partial charge in [-0.1, -0.05) is 46.2 Å². The van der Waals surface area contributed by atoms with Crippen LogP contribution in [0.25, 0.3) is 0 Å². The van der Waals surface area contributed by atoms with Gasteiger partial charge in [-0.2, -0.15) is 0 Å². The van der Waals surface area contributed by atoms with Gasteiger partial charge in [-0.3, -0.25) is 0 Å². The summed E-state index contributed by atoms with van der Waals surface area (Å²) in [5.74, 6) is 1.82. The zero-order valence-corrected chi connectivity index (χ0v) is 14.3. The van der Waals surface area contributed by atoms with Crippen LogP contribution in [0.1, 0.15) is 51.7 Å². The molecule has 0 aromatic heterocycles. The van der Waals surface area contributed by atoms with Gasteiger partial charge in [0.2, 0.25) is 0 Å². The van der Waals surface area contributed by atoms with Gasteiger partial charge in [0.15, 0.2) is 0 Å². The van der Waals surface area contributed by atoms with Gasteiger partial charge in [-0.15, -0.1) is 0 Å². The van der Waals surface area contributed by atoms with Crippen LogP contribution in [0.4, 0.5) is 0 Å². The molecule has 20 heavy (non-hydrogen) atoms. The summed E-state index contributed by atoms with van der Waals surface area (Å²) in [5, 5.41) is 4.20. The van der Waals surface area contributed by atoms with Crippen molar-refractivity contribution in [2.75, 3.05) is 13.1 Å². The maximum Gasteiger partial charge on any atom is 0.123 e. The number of likely N-dealkylation sites (N-methyl/N-ethyl adjacent to an activating group) is 1. The predicted octanol–water partition coefficient (Wildman–Crippen LogP) is 4.78. The Morgan fingerprint density at radius 2 is 1.85 bits per heavy atom. The molecule has 0 bridgehead atoms. The van der Waals surface area contributed by atoms with Crippen molar-refractivity contribution in [3.63, 3.8) is 0 Å². The minimum atomic E-state index is 0.176. The quantitative estimate of drug-likeness (QED) is 0.781. The largest absolute Gasteiger partial charge is 0.489 e. The van der Waals surface area contributed by atoms with Gasteiger partial charge in [0.1, 0.15) is 11.9 Å². The van der Waals surface area contributed by atoms with E-state index in [9.17, 15) is 0 Å².